The van der Waals surface area contributed by atoms with Gasteiger partial charge in [-0.15, -0.1) is 0 Å². The summed E-state index contributed by atoms with van der Waals surface area (Å²) in [6.45, 7) is 3.76. The number of aryl methyl sites for hydroxylation is 2. The molecule has 0 atom stereocenters. The average molecular weight is 340 g/mol. The van der Waals surface area contributed by atoms with Crippen LogP contribution in [0, 0.1) is 13.8 Å². The van der Waals surface area contributed by atoms with Gasteiger partial charge in [-0.3, -0.25) is 4.79 Å². The van der Waals surface area contributed by atoms with Gasteiger partial charge in [0.05, 0.1) is 18.1 Å². The molecule has 2 aromatic heterocycles. The summed E-state index contributed by atoms with van der Waals surface area (Å²) in [5.74, 6) is -0.334. The smallest absolute Gasteiger partial charge is 0.261 e. The summed E-state index contributed by atoms with van der Waals surface area (Å²) >= 11 is 0. The molecule has 7 nitrogen and oxygen atoms in total. The lowest BCUT2D eigenvalue weighted by Crippen LogP contribution is -2.12. The van der Waals surface area contributed by atoms with Gasteiger partial charge >= 0.3 is 0 Å². The number of amides is 1. The highest BCUT2D eigenvalue weighted by Crippen LogP contribution is 2.20. The Kier molecular flexibility index (Phi) is 4.34. The lowest BCUT2D eigenvalue weighted by Gasteiger charge is -2.09. The van der Waals surface area contributed by atoms with Crippen LogP contribution in [0.15, 0.2) is 48.9 Å². The molecule has 3 rings (SSSR count). The van der Waals surface area contributed by atoms with E-state index >= 15 is 0 Å². The minimum Gasteiger partial charge on any atom is -0.403 e. The third-order valence-corrected chi connectivity index (χ3v) is 3.61. The van der Waals surface area contributed by atoms with Gasteiger partial charge < -0.3 is 11.1 Å². The molecule has 0 aliphatic heterocycles. The Morgan fingerprint density at radius 3 is 2.72 bits per heavy atom. The van der Waals surface area contributed by atoms with E-state index in [1.807, 2.05) is 19.9 Å². The van der Waals surface area contributed by atoms with Crippen LogP contribution in [0.1, 0.15) is 21.7 Å². The van der Waals surface area contributed by atoms with Crippen LogP contribution >= 0.6 is 0 Å². The fraction of sp³-hybridized carbons (Fsp3) is 0.118. The molecule has 1 aromatic carbocycles. The number of halogens is 1. The van der Waals surface area contributed by atoms with Gasteiger partial charge in [-0.05, 0) is 44.2 Å². The topological polar surface area (TPSA) is 88.6 Å². The second-order valence-electron chi connectivity index (χ2n) is 5.49. The summed E-state index contributed by atoms with van der Waals surface area (Å²) in [5, 5.41) is 7.34. The Hall–Kier alpha value is -3.42. The maximum Gasteiger partial charge on any atom is 0.261 e. The first kappa shape index (κ1) is 16.4. The van der Waals surface area contributed by atoms with Crippen molar-refractivity contribution in [2.45, 2.75) is 13.8 Å². The van der Waals surface area contributed by atoms with Gasteiger partial charge in [0.1, 0.15) is 5.56 Å². The zero-order chi connectivity index (χ0) is 18.0. The number of carbonyl (C=O) groups excluding carboxylic acids is 1. The van der Waals surface area contributed by atoms with Crippen LogP contribution in [0.25, 0.3) is 5.65 Å². The van der Waals surface area contributed by atoms with Crippen molar-refractivity contribution < 1.29 is 9.28 Å². The summed E-state index contributed by atoms with van der Waals surface area (Å²) in [6.07, 6.45) is 3.66. The highest BCUT2D eigenvalue weighted by Gasteiger charge is 2.15. The van der Waals surface area contributed by atoms with Crippen LogP contribution in [0.2, 0.25) is 0 Å². The lowest BCUT2D eigenvalue weighted by atomic mass is 10.2. The van der Waals surface area contributed by atoms with Crippen LogP contribution < -0.4 is 16.2 Å². The zero-order valence-electron chi connectivity index (χ0n) is 13.8. The lowest BCUT2D eigenvalue weighted by molar-refractivity contribution is 0.102. The third kappa shape index (κ3) is 3.27. The normalized spacial score (nSPS) is 11.2. The first-order valence-corrected chi connectivity index (χ1v) is 7.56. The van der Waals surface area contributed by atoms with Crippen LogP contribution in [-0.2, 0) is 0 Å². The number of aromatic nitrogens is 3. The predicted molar refractivity (Wildman–Crippen MR) is 93.8 cm³/mol. The van der Waals surface area contributed by atoms with Crippen molar-refractivity contribution in [3.63, 3.8) is 0 Å². The van der Waals surface area contributed by atoms with E-state index in [0.29, 0.717) is 27.7 Å². The number of fused-ring (bicyclic) bond motifs is 1. The second kappa shape index (κ2) is 6.60. The zero-order valence-corrected chi connectivity index (χ0v) is 13.8. The summed E-state index contributed by atoms with van der Waals surface area (Å²) in [6, 6.07) is 8.13. The van der Waals surface area contributed by atoms with Crippen molar-refractivity contribution in [3.8, 4) is 0 Å². The number of hydrogen-bond donors (Lipinski definition) is 2. The Morgan fingerprint density at radius 2 is 2.04 bits per heavy atom. The molecule has 0 saturated carbocycles. The molecule has 0 bridgehead atoms. The Labute approximate surface area is 143 Å². The summed E-state index contributed by atoms with van der Waals surface area (Å²) in [4.78, 5) is 16.9. The molecule has 3 aromatic rings. The average Bonchev–Trinajstić information content (AvgIpc) is 3.00. The maximum atomic E-state index is 13.6. The molecule has 0 saturated heterocycles. The maximum absolute atomic E-state index is 13.6. The van der Waals surface area contributed by atoms with E-state index in [4.69, 9.17) is 5.73 Å². The van der Waals surface area contributed by atoms with E-state index in [2.05, 4.69) is 15.4 Å². The molecule has 0 fully saturated rings. The largest absolute Gasteiger partial charge is 0.403 e. The number of nitrogens with zero attached hydrogens (tertiary/aromatic N) is 4. The van der Waals surface area contributed by atoms with Crippen LogP contribution in [0.3, 0.4) is 0 Å². The molecule has 128 valence electrons. The molecular weight excluding hydrogens is 323 g/mol. The van der Waals surface area contributed by atoms with Gasteiger partial charge in [-0.1, -0.05) is 4.48 Å². The van der Waals surface area contributed by atoms with Gasteiger partial charge in [-0.25, -0.2) is 9.50 Å². The van der Waals surface area contributed by atoms with Gasteiger partial charge in [0.2, 0.25) is 0 Å². The van der Waals surface area contributed by atoms with E-state index in [-0.39, 0.29) is 5.91 Å². The Balaban J connectivity index is 1.83. The quantitative estimate of drug-likeness (QED) is 0.713. The number of nitrogens with two attached hydrogens (primary N) is 1. The molecule has 3 N–H and O–H groups in total. The summed E-state index contributed by atoms with van der Waals surface area (Å²) in [5.41, 5.74) is 8.54. The van der Waals surface area contributed by atoms with Crippen LogP contribution in [0.4, 0.5) is 15.9 Å². The number of rotatable bonds is 4. The van der Waals surface area contributed by atoms with Crippen LogP contribution in [0.5, 0.6) is 0 Å². The molecule has 8 heteroatoms. The molecule has 0 spiro atoms. The van der Waals surface area contributed by atoms with Crippen molar-refractivity contribution in [1.29, 1.82) is 0 Å². The van der Waals surface area contributed by atoms with Crippen molar-refractivity contribution in [3.05, 3.63) is 65.9 Å². The van der Waals surface area contributed by atoms with Crippen molar-refractivity contribution in [2.24, 2.45) is 5.73 Å². The van der Waals surface area contributed by atoms with E-state index in [1.165, 1.54) is 18.3 Å². The first-order valence-electron chi connectivity index (χ1n) is 7.56. The third-order valence-electron chi connectivity index (χ3n) is 3.61. The second-order valence-corrected chi connectivity index (χ2v) is 5.49. The highest BCUT2D eigenvalue weighted by molar-refractivity contribution is 6.08. The summed E-state index contributed by atoms with van der Waals surface area (Å²) < 4.78 is 15.2. The highest BCUT2D eigenvalue weighted by atomic mass is 19.2. The first-order chi connectivity index (χ1) is 12.0. The number of carbonyl (C=O) groups is 1. The van der Waals surface area contributed by atoms with E-state index in [0.717, 1.165) is 23.8 Å². The summed E-state index contributed by atoms with van der Waals surface area (Å²) in [7, 11) is 0. The van der Waals surface area contributed by atoms with Crippen LogP contribution in [-0.4, -0.2) is 20.5 Å². The molecule has 2 heterocycles. The number of nitrogens with one attached hydrogen (secondary N) is 1. The molecule has 25 heavy (non-hydrogen) atoms. The predicted octanol–water partition coefficient (Wildman–Crippen LogP) is 2.72. The van der Waals surface area contributed by atoms with Gasteiger partial charge in [-0.2, -0.15) is 10.2 Å². The number of anilines is 2. The van der Waals surface area contributed by atoms with Crippen molar-refractivity contribution >= 4 is 22.9 Å². The van der Waals surface area contributed by atoms with Gasteiger partial charge in [0, 0.05) is 23.3 Å². The fourth-order valence-corrected chi connectivity index (χ4v) is 2.48. The molecule has 0 radical (unpaired) electrons. The van der Waals surface area contributed by atoms with E-state index in [1.54, 1.807) is 16.6 Å². The van der Waals surface area contributed by atoms with Gasteiger partial charge in [0.15, 0.2) is 5.65 Å². The fourth-order valence-electron chi connectivity index (χ4n) is 2.48. The van der Waals surface area contributed by atoms with Crippen molar-refractivity contribution in [1.82, 2.24) is 14.6 Å². The minimum absolute atomic E-state index is 0.295. The Morgan fingerprint density at radius 1 is 1.32 bits per heavy atom. The molecule has 0 aliphatic rings. The Bertz CT molecular complexity index is 948. The number of benzene rings is 1. The molecule has 0 unspecified atom stereocenters. The van der Waals surface area contributed by atoms with E-state index < -0.39 is 0 Å². The molecule has 0 aliphatic carbocycles. The standard InChI is InChI=1S/C17H17FN6O/c1-11-9-12(2)24-16(21-11)15(10-20-24)17(25)22-13-3-5-14(6-4-13)23(18)8-7-19/h3-10H,19H2,1-2H3,(H,22,25)/b8-7-. The minimum atomic E-state index is -0.334. The monoisotopic (exact) mass is 340 g/mol. The number of hydrogen-bond acceptors (Lipinski definition) is 5. The molecular formula is C17H17FN6O. The van der Waals surface area contributed by atoms with E-state index in [9.17, 15) is 9.28 Å². The van der Waals surface area contributed by atoms with Crippen molar-refractivity contribution in [2.75, 3.05) is 10.4 Å². The molecule has 1 amide bonds. The SMILES string of the molecule is Cc1cc(C)n2ncc(C(=O)Nc3ccc(N(F)/C=C\N)cc3)c2n1. The van der Waals surface area contributed by atoms with Gasteiger partial charge in [0.25, 0.3) is 5.91 Å².